The smallest absolute Gasteiger partial charge is 0.217 e. The zero-order valence-electron chi connectivity index (χ0n) is 10.2. The number of nitrogens with one attached hydrogen (secondary N) is 1. The van der Waals surface area contributed by atoms with Gasteiger partial charge in [0.05, 0.1) is 6.61 Å². The van der Waals surface area contributed by atoms with Gasteiger partial charge in [-0.1, -0.05) is 11.8 Å². The SMILES string of the molecule is CSc1nccc(OCCC2CCCNC2)n1. The second-order valence-corrected chi connectivity index (χ2v) is 5.00. The fraction of sp³-hybridized carbons (Fsp3) is 0.667. The maximum Gasteiger partial charge on any atom is 0.217 e. The van der Waals surface area contributed by atoms with Crippen LogP contribution in [0.3, 0.4) is 0 Å². The highest BCUT2D eigenvalue weighted by molar-refractivity contribution is 7.98. The highest BCUT2D eigenvalue weighted by atomic mass is 32.2. The van der Waals surface area contributed by atoms with Gasteiger partial charge in [-0.25, -0.2) is 4.98 Å². The van der Waals surface area contributed by atoms with Crippen LogP contribution in [0.4, 0.5) is 0 Å². The monoisotopic (exact) mass is 253 g/mol. The van der Waals surface area contributed by atoms with E-state index in [2.05, 4.69) is 15.3 Å². The van der Waals surface area contributed by atoms with Gasteiger partial charge in [0.1, 0.15) is 0 Å². The minimum Gasteiger partial charge on any atom is -0.478 e. The summed E-state index contributed by atoms with van der Waals surface area (Å²) in [7, 11) is 0. The number of ether oxygens (including phenoxy) is 1. The first kappa shape index (κ1) is 12.6. The van der Waals surface area contributed by atoms with Crippen molar-refractivity contribution in [3.63, 3.8) is 0 Å². The number of piperidine rings is 1. The third-order valence-electron chi connectivity index (χ3n) is 2.97. The van der Waals surface area contributed by atoms with Crippen LogP contribution in [0.25, 0.3) is 0 Å². The van der Waals surface area contributed by atoms with E-state index < -0.39 is 0 Å². The summed E-state index contributed by atoms with van der Waals surface area (Å²) >= 11 is 1.53. The Hall–Kier alpha value is -0.810. The Morgan fingerprint density at radius 2 is 2.53 bits per heavy atom. The molecule has 0 spiro atoms. The molecule has 1 aromatic heterocycles. The molecule has 0 aromatic carbocycles. The average Bonchev–Trinajstić information content (AvgIpc) is 2.40. The van der Waals surface area contributed by atoms with Crippen LogP contribution in [-0.4, -0.2) is 35.9 Å². The molecule has 1 saturated heterocycles. The van der Waals surface area contributed by atoms with Gasteiger partial charge in [0.15, 0.2) is 5.16 Å². The van der Waals surface area contributed by atoms with Crippen LogP contribution in [0.1, 0.15) is 19.3 Å². The van der Waals surface area contributed by atoms with Crippen LogP contribution in [-0.2, 0) is 0 Å². The van der Waals surface area contributed by atoms with E-state index in [1.165, 1.54) is 31.1 Å². The van der Waals surface area contributed by atoms with Gasteiger partial charge in [0.2, 0.25) is 5.88 Å². The predicted molar refractivity (Wildman–Crippen MR) is 69.5 cm³/mol. The number of nitrogens with zero attached hydrogens (tertiary/aromatic N) is 2. The molecule has 4 nitrogen and oxygen atoms in total. The fourth-order valence-electron chi connectivity index (χ4n) is 2.00. The van der Waals surface area contributed by atoms with E-state index in [1.54, 1.807) is 6.20 Å². The van der Waals surface area contributed by atoms with E-state index >= 15 is 0 Å². The maximum atomic E-state index is 5.66. The lowest BCUT2D eigenvalue weighted by Crippen LogP contribution is -2.30. The lowest BCUT2D eigenvalue weighted by molar-refractivity contribution is 0.245. The van der Waals surface area contributed by atoms with Crippen molar-refractivity contribution in [3.8, 4) is 5.88 Å². The normalized spacial score (nSPS) is 20.2. The summed E-state index contributed by atoms with van der Waals surface area (Å²) in [5.41, 5.74) is 0. The van der Waals surface area contributed by atoms with Crippen LogP contribution in [0.15, 0.2) is 17.4 Å². The van der Waals surface area contributed by atoms with Crippen LogP contribution >= 0.6 is 11.8 Å². The number of thioether (sulfide) groups is 1. The molecule has 94 valence electrons. The summed E-state index contributed by atoms with van der Waals surface area (Å²) in [6.45, 7) is 3.04. The Balaban J connectivity index is 1.73. The predicted octanol–water partition coefficient (Wildman–Crippen LogP) is 1.97. The van der Waals surface area contributed by atoms with Crippen molar-refractivity contribution in [2.45, 2.75) is 24.4 Å². The van der Waals surface area contributed by atoms with Crippen LogP contribution in [0, 0.1) is 5.92 Å². The van der Waals surface area contributed by atoms with Gasteiger partial charge in [0.25, 0.3) is 0 Å². The fourth-order valence-corrected chi connectivity index (χ4v) is 2.35. The molecule has 0 bridgehead atoms. The van der Waals surface area contributed by atoms with Gasteiger partial charge < -0.3 is 10.1 Å². The van der Waals surface area contributed by atoms with Crippen molar-refractivity contribution in [1.29, 1.82) is 0 Å². The topological polar surface area (TPSA) is 47.0 Å². The van der Waals surface area contributed by atoms with Crippen molar-refractivity contribution in [3.05, 3.63) is 12.3 Å². The average molecular weight is 253 g/mol. The molecule has 1 aromatic rings. The first-order valence-corrected chi connectivity index (χ1v) is 7.31. The van der Waals surface area contributed by atoms with Gasteiger partial charge in [-0.15, -0.1) is 0 Å². The van der Waals surface area contributed by atoms with Crippen molar-refractivity contribution in [2.75, 3.05) is 26.0 Å². The Kier molecular flexibility index (Phi) is 5.07. The number of hydrogen-bond acceptors (Lipinski definition) is 5. The molecule has 5 heteroatoms. The van der Waals surface area contributed by atoms with E-state index in [-0.39, 0.29) is 0 Å². The van der Waals surface area contributed by atoms with E-state index in [0.717, 1.165) is 30.6 Å². The highest BCUT2D eigenvalue weighted by Crippen LogP contribution is 2.16. The summed E-state index contributed by atoms with van der Waals surface area (Å²) in [5, 5.41) is 4.18. The molecular formula is C12H19N3OS. The minimum atomic E-state index is 0.688. The molecule has 0 amide bonds. The second-order valence-electron chi connectivity index (χ2n) is 4.23. The Morgan fingerprint density at radius 1 is 1.59 bits per heavy atom. The third kappa shape index (κ3) is 4.16. The molecule has 1 aliphatic heterocycles. The van der Waals surface area contributed by atoms with Gasteiger partial charge in [-0.3, -0.25) is 0 Å². The van der Waals surface area contributed by atoms with E-state index in [4.69, 9.17) is 4.74 Å². The zero-order valence-corrected chi connectivity index (χ0v) is 11.0. The van der Waals surface area contributed by atoms with Gasteiger partial charge in [0, 0.05) is 12.3 Å². The summed E-state index contributed by atoms with van der Waals surface area (Å²) in [4.78, 5) is 8.41. The maximum absolute atomic E-state index is 5.66. The Labute approximate surface area is 107 Å². The molecule has 1 aliphatic rings. The number of aromatic nitrogens is 2. The molecule has 1 unspecified atom stereocenters. The van der Waals surface area contributed by atoms with Crippen molar-refractivity contribution >= 4 is 11.8 Å². The van der Waals surface area contributed by atoms with Crippen LogP contribution in [0.5, 0.6) is 5.88 Å². The zero-order chi connectivity index (χ0) is 11.9. The summed E-state index contributed by atoms with van der Waals surface area (Å²) < 4.78 is 5.66. The molecule has 2 rings (SSSR count). The second kappa shape index (κ2) is 6.81. The molecule has 0 aliphatic carbocycles. The summed E-state index contributed by atoms with van der Waals surface area (Å²) in [5.74, 6) is 1.44. The summed E-state index contributed by atoms with van der Waals surface area (Å²) in [6, 6.07) is 1.82. The highest BCUT2D eigenvalue weighted by Gasteiger charge is 2.12. The van der Waals surface area contributed by atoms with Crippen LogP contribution in [0.2, 0.25) is 0 Å². The minimum absolute atomic E-state index is 0.688. The van der Waals surface area contributed by atoms with E-state index in [9.17, 15) is 0 Å². The summed E-state index contributed by atoms with van der Waals surface area (Å²) in [6.07, 6.45) is 7.42. The van der Waals surface area contributed by atoms with E-state index in [0.29, 0.717) is 5.88 Å². The largest absolute Gasteiger partial charge is 0.478 e. The number of hydrogen-bond donors (Lipinski definition) is 1. The Morgan fingerprint density at radius 3 is 3.29 bits per heavy atom. The van der Waals surface area contributed by atoms with Crippen molar-refractivity contribution in [2.24, 2.45) is 5.92 Å². The van der Waals surface area contributed by atoms with Gasteiger partial charge in [-0.2, -0.15) is 4.98 Å². The molecule has 0 saturated carbocycles. The lowest BCUT2D eigenvalue weighted by atomic mass is 9.97. The molecule has 17 heavy (non-hydrogen) atoms. The number of rotatable bonds is 5. The van der Waals surface area contributed by atoms with Crippen molar-refractivity contribution in [1.82, 2.24) is 15.3 Å². The van der Waals surface area contributed by atoms with Crippen molar-refractivity contribution < 1.29 is 4.74 Å². The molecule has 0 radical (unpaired) electrons. The first-order valence-electron chi connectivity index (χ1n) is 6.09. The van der Waals surface area contributed by atoms with E-state index in [1.807, 2.05) is 12.3 Å². The van der Waals surface area contributed by atoms with Gasteiger partial charge in [-0.05, 0) is 44.5 Å². The Bertz CT molecular complexity index is 342. The lowest BCUT2D eigenvalue weighted by Gasteiger charge is -2.22. The quantitative estimate of drug-likeness (QED) is 0.642. The third-order valence-corrected chi connectivity index (χ3v) is 3.53. The van der Waals surface area contributed by atoms with Crippen LogP contribution < -0.4 is 10.1 Å². The standard InChI is InChI=1S/C12H19N3OS/c1-17-12-14-7-4-11(15-12)16-8-5-10-3-2-6-13-9-10/h4,7,10,13H,2-3,5-6,8-9H2,1H3. The van der Waals surface area contributed by atoms with Gasteiger partial charge >= 0.3 is 0 Å². The molecular weight excluding hydrogens is 234 g/mol. The first-order chi connectivity index (χ1) is 8.38. The molecule has 1 atom stereocenters. The molecule has 1 fully saturated rings. The molecule has 2 heterocycles. The molecule has 1 N–H and O–H groups in total.